The van der Waals surface area contributed by atoms with Gasteiger partial charge in [0.05, 0.1) is 11.4 Å². The molecule has 0 radical (unpaired) electrons. The first kappa shape index (κ1) is 12.1. The smallest absolute Gasteiger partial charge is 0.307 e. The number of aromatic nitrogens is 3. The first-order valence-corrected chi connectivity index (χ1v) is 6.70. The SMILES string of the molecule is Cc1cnc2nc(C3CCCCC3C(=O)O)[nH]c2c1. The summed E-state index contributed by atoms with van der Waals surface area (Å²) in [6.07, 6.45) is 5.46. The summed E-state index contributed by atoms with van der Waals surface area (Å²) in [6.45, 7) is 1.98. The average molecular weight is 259 g/mol. The van der Waals surface area contributed by atoms with Crippen molar-refractivity contribution in [3.05, 3.63) is 23.7 Å². The molecule has 5 nitrogen and oxygen atoms in total. The van der Waals surface area contributed by atoms with Crippen LogP contribution in [-0.4, -0.2) is 26.0 Å². The highest BCUT2D eigenvalue weighted by molar-refractivity contribution is 5.73. The Kier molecular flexibility index (Phi) is 2.97. The van der Waals surface area contributed by atoms with E-state index in [0.29, 0.717) is 5.65 Å². The zero-order valence-electron chi connectivity index (χ0n) is 10.9. The van der Waals surface area contributed by atoms with Gasteiger partial charge < -0.3 is 10.1 Å². The third kappa shape index (κ3) is 2.20. The molecule has 1 aliphatic rings. The lowest BCUT2D eigenvalue weighted by Crippen LogP contribution is -2.26. The number of carboxylic acids is 1. The number of fused-ring (bicyclic) bond motifs is 1. The normalized spacial score (nSPS) is 23.6. The van der Waals surface area contributed by atoms with Crippen molar-refractivity contribution in [3.8, 4) is 0 Å². The fourth-order valence-corrected chi connectivity index (χ4v) is 2.95. The number of imidazole rings is 1. The molecule has 1 aliphatic carbocycles. The van der Waals surface area contributed by atoms with Crippen molar-refractivity contribution in [2.75, 3.05) is 0 Å². The van der Waals surface area contributed by atoms with Crippen LogP contribution in [0.4, 0.5) is 0 Å². The van der Waals surface area contributed by atoms with Crippen LogP contribution in [-0.2, 0) is 4.79 Å². The van der Waals surface area contributed by atoms with Crippen LogP contribution < -0.4 is 0 Å². The predicted molar refractivity (Wildman–Crippen MR) is 71.0 cm³/mol. The molecule has 0 amide bonds. The van der Waals surface area contributed by atoms with Crippen molar-refractivity contribution in [1.29, 1.82) is 0 Å². The maximum absolute atomic E-state index is 11.4. The fraction of sp³-hybridized carbons (Fsp3) is 0.500. The summed E-state index contributed by atoms with van der Waals surface area (Å²) in [6, 6.07) is 2.00. The monoisotopic (exact) mass is 259 g/mol. The third-order valence-electron chi connectivity index (χ3n) is 3.93. The van der Waals surface area contributed by atoms with Crippen molar-refractivity contribution >= 4 is 17.1 Å². The van der Waals surface area contributed by atoms with E-state index in [4.69, 9.17) is 0 Å². The highest BCUT2D eigenvalue weighted by atomic mass is 16.4. The van der Waals surface area contributed by atoms with E-state index in [0.717, 1.165) is 42.6 Å². The zero-order chi connectivity index (χ0) is 13.4. The van der Waals surface area contributed by atoms with Gasteiger partial charge in [0.1, 0.15) is 5.82 Å². The summed E-state index contributed by atoms with van der Waals surface area (Å²) in [4.78, 5) is 23.4. The minimum absolute atomic E-state index is 0.0132. The third-order valence-corrected chi connectivity index (χ3v) is 3.93. The summed E-state index contributed by atoms with van der Waals surface area (Å²) < 4.78 is 0. The molecule has 2 aromatic heterocycles. The highest BCUT2D eigenvalue weighted by Gasteiger charge is 2.33. The summed E-state index contributed by atoms with van der Waals surface area (Å²) in [7, 11) is 0. The lowest BCUT2D eigenvalue weighted by Gasteiger charge is -2.26. The molecular formula is C14H17N3O2. The maximum Gasteiger partial charge on any atom is 0.307 e. The van der Waals surface area contributed by atoms with Crippen LogP contribution in [0.2, 0.25) is 0 Å². The van der Waals surface area contributed by atoms with Crippen LogP contribution in [0.3, 0.4) is 0 Å². The Bertz CT molecular complexity index is 620. The van der Waals surface area contributed by atoms with Gasteiger partial charge in [-0.1, -0.05) is 12.8 Å². The van der Waals surface area contributed by atoms with Gasteiger partial charge in [-0.05, 0) is 31.4 Å². The molecule has 5 heteroatoms. The first-order chi connectivity index (χ1) is 9.15. The predicted octanol–water partition coefficient (Wildman–Crippen LogP) is 2.62. The second kappa shape index (κ2) is 4.64. The number of carbonyl (C=O) groups is 1. The topological polar surface area (TPSA) is 78.9 Å². The number of hydrogen-bond donors (Lipinski definition) is 2. The Morgan fingerprint density at radius 3 is 3.00 bits per heavy atom. The van der Waals surface area contributed by atoms with Crippen LogP contribution in [0, 0.1) is 12.8 Å². The first-order valence-electron chi connectivity index (χ1n) is 6.70. The second-order valence-electron chi connectivity index (χ2n) is 5.34. The molecular weight excluding hydrogens is 242 g/mol. The second-order valence-corrected chi connectivity index (χ2v) is 5.34. The van der Waals surface area contributed by atoms with E-state index in [2.05, 4.69) is 15.0 Å². The van der Waals surface area contributed by atoms with Crippen LogP contribution in [0.1, 0.15) is 43.0 Å². The Labute approximate surface area is 111 Å². The molecule has 0 spiro atoms. The number of nitrogens with one attached hydrogen (secondary N) is 1. The molecule has 0 aliphatic heterocycles. The quantitative estimate of drug-likeness (QED) is 0.869. The Balaban J connectivity index is 1.99. The molecule has 2 heterocycles. The van der Waals surface area contributed by atoms with Gasteiger partial charge in [-0.25, -0.2) is 9.97 Å². The molecule has 2 aromatic rings. The van der Waals surface area contributed by atoms with Gasteiger partial charge in [-0.15, -0.1) is 0 Å². The largest absolute Gasteiger partial charge is 0.481 e. The molecule has 2 N–H and O–H groups in total. The van der Waals surface area contributed by atoms with Crippen LogP contribution in [0.25, 0.3) is 11.2 Å². The highest BCUT2D eigenvalue weighted by Crippen LogP contribution is 2.37. The number of aryl methyl sites for hydroxylation is 1. The summed E-state index contributed by atoms with van der Waals surface area (Å²) in [5, 5.41) is 9.33. The number of rotatable bonds is 2. The molecule has 0 bridgehead atoms. The van der Waals surface area contributed by atoms with Crippen molar-refractivity contribution in [2.24, 2.45) is 5.92 Å². The van der Waals surface area contributed by atoms with Crippen LogP contribution >= 0.6 is 0 Å². The molecule has 2 unspecified atom stereocenters. The average Bonchev–Trinajstić information content (AvgIpc) is 2.81. The van der Waals surface area contributed by atoms with Crippen molar-refractivity contribution in [3.63, 3.8) is 0 Å². The molecule has 100 valence electrons. The summed E-state index contributed by atoms with van der Waals surface area (Å²) >= 11 is 0. The Morgan fingerprint density at radius 2 is 2.21 bits per heavy atom. The van der Waals surface area contributed by atoms with E-state index < -0.39 is 5.97 Å². The minimum atomic E-state index is -0.714. The number of hydrogen-bond acceptors (Lipinski definition) is 3. The minimum Gasteiger partial charge on any atom is -0.481 e. The van der Waals surface area contributed by atoms with Gasteiger partial charge in [-0.2, -0.15) is 0 Å². The molecule has 1 fully saturated rings. The Hall–Kier alpha value is -1.91. The Morgan fingerprint density at radius 1 is 1.42 bits per heavy atom. The zero-order valence-corrected chi connectivity index (χ0v) is 10.9. The molecule has 1 saturated carbocycles. The van der Waals surface area contributed by atoms with Crippen molar-refractivity contribution < 1.29 is 9.90 Å². The van der Waals surface area contributed by atoms with Gasteiger partial charge in [0, 0.05) is 12.1 Å². The number of aliphatic carboxylic acids is 1. The molecule has 0 saturated heterocycles. The van der Waals surface area contributed by atoms with Crippen molar-refractivity contribution in [2.45, 2.75) is 38.5 Å². The molecule has 3 rings (SSSR count). The maximum atomic E-state index is 11.4. The lowest BCUT2D eigenvalue weighted by molar-refractivity contribution is -0.143. The molecule has 19 heavy (non-hydrogen) atoms. The molecule has 0 aromatic carbocycles. The van der Waals surface area contributed by atoms with Crippen LogP contribution in [0.5, 0.6) is 0 Å². The number of H-pyrrole nitrogens is 1. The van der Waals surface area contributed by atoms with Crippen molar-refractivity contribution in [1.82, 2.24) is 15.0 Å². The van der Waals surface area contributed by atoms with Gasteiger partial charge in [0.15, 0.2) is 5.65 Å². The summed E-state index contributed by atoms with van der Waals surface area (Å²) in [5.41, 5.74) is 2.64. The van der Waals surface area contributed by atoms with E-state index >= 15 is 0 Å². The van der Waals surface area contributed by atoms with E-state index in [1.165, 1.54) is 0 Å². The number of aromatic amines is 1. The summed E-state index contributed by atoms with van der Waals surface area (Å²) in [5.74, 6) is -0.273. The molecule has 2 atom stereocenters. The number of nitrogens with zero attached hydrogens (tertiary/aromatic N) is 2. The standard InChI is InChI=1S/C14H17N3O2/c1-8-6-11-13(15-7-8)17-12(16-11)9-4-2-3-5-10(9)14(18)19/h6-7,9-10H,2-5H2,1H3,(H,18,19)(H,15,16,17). The van der Waals surface area contributed by atoms with Gasteiger partial charge in [0.2, 0.25) is 0 Å². The van der Waals surface area contributed by atoms with E-state index in [-0.39, 0.29) is 11.8 Å². The van der Waals surface area contributed by atoms with Gasteiger partial charge >= 0.3 is 5.97 Å². The van der Waals surface area contributed by atoms with Crippen LogP contribution in [0.15, 0.2) is 12.3 Å². The van der Waals surface area contributed by atoms with E-state index in [1.807, 2.05) is 13.0 Å². The van der Waals surface area contributed by atoms with E-state index in [9.17, 15) is 9.90 Å². The van der Waals surface area contributed by atoms with Gasteiger partial charge in [-0.3, -0.25) is 4.79 Å². The van der Waals surface area contributed by atoms with Gasteiger partial charge in [0.25, 0.3) is 0 Å². The van der Waals surface area contributed by atoms with E-state index in [1.54, 1.807) is 6.20 Å². The lowest BCUT2D eigenvalue weighted by atomic mass is 9.79. The fourth-order valence-electron chi connectivity index (χ4n) is 2.95. The number of pyridine rings is 1. The number of carboxylic acid groups (broad SMARTS) is 1.